The van der Waals surface area contributed by atoms with Crippen molar-refractivity contribution in [3.63, 3.8) is 0 Å². The van der Waals surface area contributed by atoms with E-state index in [1.165, 1.54) is 11.0 Å². The average Bonchev–Trinajstić information content (AvgIpc) is 2.44. The molecule has 0 spiro atoms. The minimum absolute atomic E-state index is 0.0345. The molecule has 1 aliphatic rings. The van der Waals surface area contributed by atoms with Crippen molar-refractivity contribution in [2.24, 2.45) is 0 Å². The number of thiocarbonyl (C=S) groups is 1. The number of aliphatic carboxylic acids is 1. The molecule has 1 aliphatic heterocycles. The van der Waals surface area contributed by atoms with E-state index in [9.17, 15) is 14.4 Å². The molecule has 6 nitrogen and oxygen atoms in total. The summed E-state index contributed by atoms with van der Waals surface area (Å²) in [5.41, 5.74) is 0.327. The largest absolute Gasteiger partial charge is 0.481 e. The number of halogens is 1. The molecule has 0 radical (unpaired) electrons. The number of allylic oxidation sites excluding steroid dienone is 1. The van der Waals surface area contributed by atoms with Crippen molar-refractivity contribution in [2.45, 2.75) is 12.8 Å². The quantitative estimate of drug-likeness (QED) is 0.497. The summed E-state index contributed by atoms with van der Waals surface area (Å²) < 4.78 is 0. The Kier molecular flexibility index (Phi) is 4.89. The number of anilines is 1. The third-order valence-corrected chi connectivity index (χ3v) is 3.43. The summed E-state index contributed by atoms with van der Waals surface area (Å²) in [6, 6.07) is 6.38. The first-order valence-corrected chi connectivity index (χ1v) is 7.06. The predicted octanol–water partition coefficient (Wildman–Crippen LogP) is 1.88. The highest BCUT2D eigenvalue weighted by Crippen LogP contribution is 2.22. The van der Waals surface area contributed by atoms with Crippen molar-refractivity contribution in [1.29, 1.82) is 0 Å². The highest BCUT2D eigenvalue weighted by Gasteiger charge is 2.34. The van der Waals surface area contributed by atoms with Crippen LogP contribution in [0, 0.1) is 0 Å². The maximum Gasteiger partial charge on any atom is 0.303 e. The van der Waals surface area contributed by atoms with Crippen molar-refractivity contribution in [3.05, 3.63) is 40.9 Å². The number of carboxylic acid groups (broad SMARTS) is 1. The number of nitrogens with zero attached hydrogens (tertiary/aromatic N) is 1. The normalized spacial score (nSPS) is 16.9. The number of amides is 2. The van der Waals surface area contributed by atoms with Crippen molar-refractivity contribution in [2.75, 3.05) is 4.90 Å². The van der Waals surface area contributed by atoms with Crippen LogP contribution in [-0.4, -0.2) is 28.0 Å². The van der Waals surface area contributed by atoms with E-state index in [2.05, 4.69) is 5.32 Å². The minimum Gasteiger partial charge on any atom is -0.481 e. The lowest BCUT2D eigenvalue weighted by atomic mass is 10.1. The molecule has 2 N–H and O–H groups in total. The van der Waals surface area contributed by atoms with Gasteiger partial charge in [0.1, 0.15) is 5.57 Å². The predicted molar refractivity (Wildman–Crippen MR) is 84.6 cm³/mol. The highest BCUT2D eigenvalue weighted by molar-refractivity contribution is 7.80. The first kappa shape index (κ1) is 16.1. The maximum absolute atomic E-state index is 12.4. The lowest BCUT2D eigenvalue weighted by molar-refractivity contribution is -0.137. The number of carbonyl (C=O) groups excluding carboxylic acids is 2. The molecule has 8 heteroatoms. The number of carboxylic acids is 1. The Labute approximate surface area is 136 Å². The smallest absolute Gasteiger partial charge is 0.303 e. The van der Waals surface area contributed by atoms with E-state index in [0.29, 0.717) is 10.7 Å². The summed E-state index contributed by atoms with van der Waals surface area (Å²) in [4.78, 5) is 36.0. The molecular weight excluding hydrogens is 328 g/mol. The molecule has 1 saturated heterocycles. The van der Waals surface area contributed by atoms with Gasteiger partial charge < -0.3 is 5.11 Å². The van der Waals surface area contributed by atoms with Crippen LogP contribution < -0.4 is 10.2 Å². The third kappa shape index (κ3) is 3.49. The molecule has 1 aromatic rings. The summed E-state index contributed by atoms with van der Waals surface area (Å²) in [5.74, 6) is -2.24. The molecule has 22 heavy (non-hydrogen) atoms. The SMILES string of the molecule is O=C(O)CC/C=C1/C(=O)NC(=S)N(c2ccc(Cl)cc2)C1=O. The van der Waals surface area contributed by atoms with Crippen molar-refractivity contribution < 1.29 is 19.5 Å². The number of hydrogen-bond acceptors (Lipinski definition) is 4. The number of carbonyl (C=O) groups is 3. The fraction of sp³-hybridized carbons (Fsp3) is 0.143. The summed E-state index contributed by atoms with van der Waals surface area (Å²) in [5, 5.41) is 11.5. The van der Waals surface area contributed by atoms with E-state index in [0.717, 1.165) is 0 Å². The van der Waals surface area contributed by atoms with Gasteiger partial charge in [0.25, 0.3) is 11.8 Å². The zero-order valence-electron chi connectivity index (χ0n) is 11.2. The molecule has 1 heterocycles. The zero-order valence-corrected chi connectivity index (χ0v) is 12.8. The van der Waals surface area contributed by atoms with Crippen LogP contribution in [0.25, 0.3) is 0 Å². The van der Waals surface area contributed by atoms with Gasteiger partial charge in [-0.15, -0.1) is 0 Å². The second kappa shape index (κ2) is 6.67. The van der Waals surface area contributed by atoms with Gasteiger partial charge in [-0.1, -0.05) is 17.7 Å². The molecule has 1 aromatic carbocycles. The standard InChI is InChI=1S/C14H11ClN2O4S/c15-8-4-6-9(7-5-8)17-13(21)10(2-1-3-11(18)19)12(20)16-14(17)22/h2,4-7H,1,3H2,(H,18,19)(H,16,20,22)/b10-2-. The molecule has 1 fully saturated rings. The van der Waals surface area contributed by atoms with Gasteiger partial charge >= 0.3 is 5.97 Å². The van der Waals surface area contributed by atoms with Gasteiger partial charge in [-0.05, 0) is 42.9 Å². The monoisotopic (exact) mass is 338 g/mol. The van der Waals surface area contributed by atoms with Crippen LogP contribution in [0.5, 0.6) is 0 Å². The van der Waals surface area contributed by atoms with Crippen LogP contribution in [0.15, 0.2) is 35.9 Å². The zero-order chi connectivity index (χ0) is 16.3. The van der Waals surface area contributed by atoms with E-state index < -0.39 is 17.8 Å². The van der Waals surface area contributed by atoms with E-state index in [4.69, 9.17) is 28.9 Å². The Balaban J connectivity index is 2.29. The fourth-order valence-corrected chi connectivity index (χ4v) is 2.28. The lowest BCUT2D eigenvalue weighted by Crippen LogP contribution is -2.54. The van der Waals surface area contributed by atoms with Gasteiger partial charge in [0, 0.05) is 11.4 Å². The fourth-order valence-electron chi connectivity index (χ4n) is 1.87. The second-order valence-electron chi connectivity index (χ2n) is 4.43. The van der Waals surface area contributed by atoms with Crippen LogP contribution in [-0.2, 0) is 14.4 Å². The Bertz CT molecular complexity index is 685. The van der Waals surface area contributed by atoms with Gasteiger partial charge in [0.05, 0.1) is 5.69 Å². The summed E-state index contributed by atoms with van der Waals surface area (Å²) >= 11 is 10.8. The highest BCUT2D eigenvalue weighted by atomic mass is 35.5. The Morgan fingerprint density at radius 1 is 1.32 bits per heavy atom. The molecule has 0 bridgehead atoms. The number of benzene rings is 1. The first-order valence-electron chi connectivity index (χ1n) is 6.27. The van der Waals surface area contributed by atoms with E-state index in [-0.39, 0.29) is 23.5 Å². The van der Waals surface area contributed by atoms with Crippen molar-refractivity contribution in [3.8, 4) is 0 Å². The molecule has 0 aromatic heterocycles. The van der Waals surface area contributed by atoms with Crippen LogP contribution in [0.4, 0.5) is 5.69 Å². The number of hydrogen-bond donors (Lipinski definition) is 2. The molecule has 2 rings (SSSR count). The van der Waals surface area contributed by atoms with E-state index in [1.807, 2.05) is 0 Å². The molecular formula is C14H11ClN2O4S. The summed E-state index contributed by atoms with van der Waals surface area (Å²) in [7, 11) is 0. The van der Waals surface area contributed by atoms with Gasteiger partial charge in [-0.2, -0.15) is 0 Å². The van der Waals surface area contributed by atoms with E-state index in [1.54, 1.807) is 24.3 Å². The molecule has 0 unspecified atom stereocenters. The molecule has 2 amide bonds. The van der Waals surface area contributed by atoms with Crippen LogP contribution in [0.2, 0.25) is 5.02 Å². The van der Waals surface area contributed by atoms with Gasteiger partial charge in [-0.3, -0.25) is 24.6 Å². The second-order valence-corrected chi connectivity index (χ2v) is 5.25. The molecule has 114 valence electrons. The first-order chi connectivity index (χ1) is 10.4. The summed E-state index contributed by atoms with van der Waals surface area (Å²) in [6.45, 7) is 0. The third-order valence-electron chi connectivity index (χ3n) is 2.89. The maximum atomic E-state index is 12.4. The van der Waals surface area contributed by atoms with Crippen LogP contribution in [0.3, 0.4) is 0 Å². The minimum atomic E-state index is -1.01. The van der Waals surface area contributed by atoms with Crippen LogP contribution >= 0.6 is 23.8 Å². The van der Waals surface area contributed by atoms with E-state index >= 15 is 0 Å². The Morgan fingerprint density at radius 3 is 2.55 bits per heavy atom. The Hall–Kier alpha value is -2.25. The van der Waals surface area contributed by atoms with Gasteiger partial charge in [-0.25, -0.2) is 0 Å². The topological polar surface area (TPSA) is 86.7 Å². The Morgan fingerprint density at radius 2 is 1.95 bits per heavy atom. The van der Waals surface area contributed by atoms with Gasteiger partial charge in [0.2, 0.25) is 0 Å². The molecule has 0 saturated carbocycles. The average molecular weight is 339 g/mol. The molecule has 0 aliphatic carbocycles. The number of rotatable bonds is 4. The molecule has 0 atom stereocenters. The number of nitrogens with one attached hydrogen (secondary N) is 1. The van der Waals surface area contributed by atoms with Crippen molar-refractivity contribution in [1.82, 2.24) is 5.32 Å². The van der Waals surface area contributed by atoms with Gasteiger partial charge in [0.15, 0.2) is 5.11 Å². The van der Waals surface area contributed by atoms with Crippen LogP contribution in [0.1, 0.15) is 12.8 Å². The summed E-state index contributed by atoms with van der Waals surface area (Å²) in [6.07, 6.45) is 1.21. The lowest BCUT2D eigenvalue weighted by Gasteiger charge is -2.28. The van der Waals surface area contributed by atoms with Crippen molar-refractivity contribution >= 4 is 52.4 Å².